The maximum Gasteiger partial charge on any atom is 0.306 e. The molecule has 59 heavy (non-hydrogen) atoms. The smallest absolute Gasteiger partial charge is 0.306 e. The molecule has 8 N–H and O–H groups in total. The van der Waals surface area contributed by atoms with Crippen LogP contribution in [0.3, 0.4) is 0 Å². The zero-order valence-corrected chi connectivity index (χ0v) is 35.4. The highest BCUT2D eigenvalue weighted by Gasteiger charge is 2.46. The Morgan fingerprint density at radius 3 is 2.20 bits per heavy atom. The first-order valence-electron chi connectivity index (χ1n) is 19.8. The number of piperidine rings is 2. The Labute approximate surface area is 351 Å². The van der Waals surface area contributed by atoms with Crippen molar-refractivity contribution in [3.8, 4) is 0 Å². The molecule has 3 fully saturated rings. The van der Waals surface area contributed by atoms with Crippen LogP contribution in [0.2, 0.25) is 0 Å². The van der Waals surface area contributed by atoms with Gasteiger partial charge in [-0.3, -0.25) is 14.5 Å². The Bertz CT molecular complexity index is 1700. The highest BCUT2D eigenvalue weighted by molar-refractivity contribution is 9.10. The number of aryl methyl sites for hydroxylation is 1. The molecule has 330 valence electrons. The van der Waals surface area contributed by atoms with Gasteiger partial charge in [-0.05, 0) is 82.8 Å². The van der Waals surface area contributed by atoms with E-state index in [1.165, 1.54) is 6.20 Å². The van der Waals surface area contributed by atoms with Crippen LogP contribution >= 0.6 is 15.9 Å². The quantitative estimate of drug-likeness (QED) is 0.0545. The van der Waals surface area contributed by atoms with Crippen molar-refractivity contribution >= 4 is 33.5 Å². The van der Waals surface area contributed by atoms with Crippen LogP contribution in [0.25, 0.3) is 0 Å². The lowest BCUT2D eigenvalue weighted by atomic mass is 9.82. The van der Waals surface area contributed by atoms with Crippen LogP contribution in [-0.4, -0.2) is 169 Å². The number of carboxylic acids is 1. The number of hydrogen-bond acceptors (Lipinski definition) is 15. The van der Waals surface area contributed by atoms with Crippen LogP contribution in [-0.2, 0) is 19.1 Å². The summed E-state index contributed by atoms with van der Waals surface area (Å²) in [6.07, 6.45) is -8.61. The largest absolute Gasteiger partial charge is 0.618 e. The fourth-order valence-electron chi connectivity index (χ4n) is 7.70. The van der Waals surface area contributed by atoms with Crippen LogP contribution in [0.5, 0.6) is 0 Å². The maximum atomic E-state index is 13.3. The van der Waals surface area contributed by atoms with E-state index >= 15 is 0 Å². The molecule has 5 rings (SSSR count). The third-order valence-electron chi connectivity index (χ3n) is 11.5. The summed E-state index contributed by atoms with van der Waals surface area (Å²) in [6, 6.07) is 10.0. The van der Waals surface area contributed by atoms with E-state index < -0.39 is 74.6 Å². The molecule has 0 unspecified atom stereocenters. The molecule has 18 nitrogen and oxygen atoms in total. The fourth-order valence-corrected chi connectivity index (χ4v) is 7.96. The lowest BCUT2D eigenvalue weighted by Crippen LogP contribution is -2.60. The molecule has 0 aliphatic carbocycles. The van der Waals surface area contributed by atoms with Gasteiger partial charge in [0, 0.05) is 42.0 Å². The van der Waals surface area contributed by atoms with Gasteiger partial charge < -0.3 is 65.3 Å². The van der Waals surface area contributed by atoms with Gasteiger partial charge in [-0.1, -0.05) is 33.2 Å². The van der Waals surface area contributed by atoms with Gasteiger partial charge in [-0.25, -0.2) is 0 Å². The van der Waals surface area contributed by atoms with Gasteiger partial charge in [0.15, 0.2) is 12.5 Å². The summed E-state index contributed by atoms with van der Waals surface area (Å²) in [5.74, 6) is -1.06. The number of amides is 1. The summed E-state index contributed by atoms with van der Waals surface area (Å²) >= 11 is 3.52. The standard InChI is InChI=1S/C28H37BrN4O3.C12H22O11/c1-5-36-30-26(22-6-8-24(29)9-7-22)23-11-15-32(16-12-23)28(4)13-18-31(19-14-28)27(34)25-20(2)10-17-33(35)21(25)3;13-2-4(15)8(18)5(1-7(16)17)22-12-11(21)10(20)9(19)6(3-14)23-12/h6-10,17,23H,5,11-16,18-19H2,1-4H3;4-6,8-15,18-21H,1-3H2,(H,16,17)/b30-26-;/t;4-,5+,6+,8+,9-,10-,11+,12+/m.0/s1. The molecule has 0 saturated carbocycles. The van der Waals surface area contributed by atoms with Crippen molar-refractivity contribution in [3.63, 3.8) is 0 Å². The van der Waals surface area contributed by atoms with Crippen molar-refractivity contribution in [2.75, 3.05) is 46.0 Å². The average molecular weight is 900 g/mol. The molecular formula is C40H59BrN4O14. The number of aromatic nitrogens is 1. The number of oxime groups is 1. The number of benzene rings is 1. The first-order chi connectivity index (χ1) is 28.0. The van der Waals surface area contributed by atoms with Crippen molar-refractivity contribution in [2.24, 2.45) is 11.1 Å². The highest BCUT2D eigenvalue weighted by atomic mass is 79.9. The van der Waals surface area contributed by atoms with Gasteiger partial charge in [0.25, 0.3) is 5.91 Å². The number of carbonyl (C=O) groups is 2. The summed E-state index contributed by atoms with van der Waals surface area (Å²) in [6.45, 7) is 10.3. The molecule has 3 saturated heterocycles. The van der Waals surface area contributed by atoms with Crippen LogP contribution in [0.1, 0.15) is 73.1 Å². The molecular weight excluding hydrogens is 840 g/mol. The monoisotopic (exact) mass is 898 g/mol. The number of likely N-dealkylation sites (tertiary alicyclic amines) is 2. The molecule has 2 aromatic rings. The van der Waals surface area contributed by atoms with E-state index in [0.717, 1.165) is 64.8 Å². The third kappa shape index (κ3) is 12.2. The van der Waals surface area contributed by atoms with Gasteiger partial charge in [-0.15, -0.1) is 0 Å². The van der Waals surface area contributed by atoms with Crippen molar-refractivity contribution in [1.29, 1.82) is 0 Å². The third-order valence-corrected chi connectivity index (χ3v) is 12.0. The van der Waals surface area contributed by atoms with E-state index in [1.54, 1.807) is 13.0 Å². The number of pyridine rings is 1. The number of aliphatic hydroxyl groups is 7. The summed E-state index contributed by atoms with van der Waals surface area (Å²) in [7, 11) is 0. The number of aliphatic hydroxyl groups excluding tert-OH is 7. The molecule has 1 aromatic carbocycles. The molecule has 0 radical (unpaired) electrons. The van der Waals surface area contributed by atoms with Crippen molar-refractivity contribution in [1.82, 2.24) is 9.80 Å². The molecule has 3 aliphatic rings. The van der Waals surface area contributed by atoms with Gasteiger partial charge in [-0.2, -0.15) is 4.73 Å². The Morgan fingerprint density at radius 1 is 1.02 bits per heavy atom. The lowest BCUT2D eigenvalue weighted by molar-refractivity contribution is -0.612. The number of hydrogen-bond donors (Lipinski definition) is 8. The second-order valence-corrected chi connectivity index (χ2v) is 16.4. The minimum Gasteiger partial charge on any atom is -0.618 e. The number of nitrogens with zero attached hydrogens (tertiary/aromatic N) is 4. The van der Waals surface area contributed by atoms with Crippen LogP contribution < -0.4 is 4.73 Å². The number of ether oxygens (including phenoxy) is 2. The summed E-state index contributed by atoms with van der Waals surface area (Å²) in [4.78, 5) is 34.1. The molecule has 1 amide bonds. The summed E-state index contributed by atoms with van der Waals surface area (Å²) in [5, 5.41) is 91.4. The number of rotatable bonds is 14. The lowest BCUT2D eigenvalue weighted by Gasteiger charge is -2.49. The normalized spacial score (nSPS) is 25.7. The van der Waals surface area contributed by atoms with Gasteiger partial charge >= 0.3 is 5.97 Å². The Morgan fingerprint density at radius 2 is 1.64 bits per heavy atom. The average Bonchev–Trinajstić information content (AvgIpc) is 3.22. The van der Waals surface area contributed by atoms with Gasteiger partial charge in [0.2, 0.25) is 5.69 Å². The molecule has 3 aliphatic heterocycles. The molecule has 0 bridgehead atoms. The zero-order valence-electron chi connectivity index (χ0n) is 33.8. The molecule has 0 spiro atoms. The Balaban J connectivity index is 0.000000289. The molecule has 1 aromatic heterocycles. The first kappa shape index (κ1) is 48.3. The van der Waals surface area contributed by atoms with Crippen molar-refractivity contribution < 1.29 is 69.5 Å². The van der Waals surface area contributed by atoms with Gasteiger partial charge in [0.1, 0.15) is 48.8 Å². The van der Waals surface area contributed by atoms with Gasteiger partial charge in [0.05, 0.1) is 31.5 Å². The summed E-state index contributed by atoms with van der Waals surface area (Å²) < 4.78 is 12.0. The first-order valence-corrected chi connectivity index (χ1v) is 20.6. The van der Waals surface area contributed by atoms with Crippen LogP contribution in [0.15, 0.2) is 46.2 Å². The molecule has 8 atom stereocenters. The Hall–Kier alpha value is -3.34. The fraction of sp³-hybridized carbons (Fsp3) is 0.650. The minimum absolute atomic E-state index is 0.0257. The predicted octanol–water partition coefficient (Wildman–Crippen LogP) is 0.207. The SMILES string of the molecule is CCO/N=C(/c1ccc(Br)cc1)C1CCN(C2(C)CCN(C(=O)c3c(C)cc[n+]([O-])c3C)CC2)CC1.O=C(O)C[C@@H](O[C@@H]1O[C@H](CO)[C@H](O)[C@H](O)[C@H]1O)[C@H](O)[C@@H](O)CO. The van der Waals surface area contributed by atoms with Crippen LogP contribution in [0, 0.1) is 25.0 Å². The second kappa shape index (κ2) is 22.0. The van der Waals surface area contributed by atoms with E-state index in [2.05, 4.69) is 57.2 Å². The maximum absolute atomic E-state index is 13.3. The van der Waals surface area contributed by atoms with Crippen molar-refractivity contribution in [2.45, 2.75) is 114 Å². The van der Waals surface area contributed by atoms with E-state index in [-0.39, 0.29) is 11.4 Å². The number of aliphatic carboxylic acids is 1. The van der Waals surface area contributed by atoms with E-state index in [1.807, 2.05) is 18.7 Å². The summed E-state index contributed by atoms with van der Waals surface area (Å²) in [5.41, 5.74) is 4.11. The number of carboxylic acid groups (broad SMARTS) is 1. The highest BCUT2D eigenvalue weighted by Crippen LogP contribution is 2.34. The molecule has 4 heterocycles. The second-order valence-electron chi connectivity index (χ2n) is 15.4. The zero-order chi connectivity index (χ0) is 43.6. The predicted molar refractivity (Wildman–Crippen MR) is 215 cm³/mol. The Kier molecular flexibility index (Phi) is 18.0. The van der Waals surface area contributed by atoms with Crippen LogP contribution in [0.4, 0.5) is 0 Å². The minimum atomic E-state index is -1.82. The number of carbonyl (C=O) groups excluding carboxylic acids is 1. The van der Waals surface area contributed by atoms with Crippen molar-refractivity contribution in [3.05, 3.63) is 68.6 Å². The topological polar surface area (TPSA) is 269 Å². The van der Waals surface area contributed by atoms with E-state index in [4.69, 9.17) is 29.6 Å². The van der Waals surface area contributed by atoms with E-state index in [0.29, 0.717) is 36.9 Å². The number of halogens is 1. The van der Waals surface area contributed by atoms with E-state index in [9.17, 15) is 40.3 Å². The molecule has 19 heteroatoms.